The van der Waals surface area contributed by atoms with E-state index >= 15 is 0 Å². The van der Waals surface area contributed by atoms with E-state index in [1.54, 1.807) is 6.20 Å². The van der Waals surface area contributed by atoms with E-state index in [0.717, 1.165) is 22.6 Å². The summed E-state index contributed by atoms with van der Waals surface area (Å²) in [4.78, 5) is 16.3. The zero-order chi connectivity index (χ0) is 13.2. The first-order valence-electron chi connectivity index (χ1n) is 6.19. The van der Waals surface area contributed by atoms with Crippen LogP contribution in [0.15, 0.2) is 30.5 Å². The summed E-state index contributed by atoms with van der Waals surface area (Å²) < 4.78 is 5.37. The average Bonchev–Trinajstić information content (AvgIpc) is 2.82. The molecule has 0 unspecified atom stereocenters. The number of pyridine rings is 2. The monoisotopic (exact) mass is 254 g/mol. The van der Waals surface area contributed by atoms with Crippen LogP contribution < -0.4 is 4.74 Å². The van der Waals surface area contributed by atoms with Gasteiger partial charge in [-0.05, 0) is 32.0 Å². The van der Waals surface area contributed by atoms with Gasteiger partial charge in [0.25, 0.3) is 0 Å². The molecule has 0 aliphatic rings. The smallest absolute Gasteiger partial charge is 0.215 e. The molecule has 96 valence electrons. The maximum atomic E-state index is 5.37. The second kappa shape index (κ2) is 4.68. The molecular weight excluding hydrogens is 240 g/mol. The summed E-state index contributed by atoms with van der Waals surface area (Å²) >= 11 is 0. The van der Waals surface area contributed by atoms with E-state index in [0.29, 0.717) is 18.1 Å². The Hall–Kier alpha value is -2.43. The molecule has 0 amide bonds. The van der Waals surface area contributed by atoms with Gasteiger partial charge in [-0.1, -0.05) is 0 Å². The predicted molar refractivity (Wildman–Crippen MR) is 73.0 cm³/mol. The molecule has 0 atom stereocenters. The fraction of sp³-hybridized carbons (Fsp3) is 0.214. The minimum absolute atomic E-state index is 0.596. The van der Waals surface area contributed by atoms with E-state index < -0.39 is 0 Å². The van der Waals surface area contributed by atoms with Gasteiger partial charge in [0.05, 0.1) is 12.1 Å². The summed E-state index contributed by atoms with van der Waals surface area (Å²) in [6.45, 7) is 4.48. The van der Waals surface area contributed by atoms with Crippen LogP contribution in [0.5, 0.6) is 5.88 Å². The van der Waals surface area contributed by atoms with Crippen molar-refractivity contribution in [3.8, 4) is 17.3 Å². The van der Waals surface area contributed by atoms with E-state index in [1.807, 2.05) is 38.1 Å². The summed E-state index contributed by atoms with van der Waals surface area (Å²) in [6.07, 6.45) is 1.77. The Morgan fingerprint density at radius 3 is 2.89 bits per heavy atom. The molecule has 3 aromatic heterocycles. The second-order valence-corrected chi connectivity index (χ2v) is 4.22. The Balaban J connectivity index is 2.06. The quantitative estimate of drug-likeness (QED) is 0.780. The van der Waals surface area contributed by atoms with Gasteiger partial charge in [0, 0.05) is 23.5 Å². The van der Waals surface area contributed by atoms with Crippen LogP contribution in [-0.2, 0) is 0 Å². The van der Waals surface area contributed by atoms with Gasteiger partial charge < -0.3 is 9.72 Å². The number of H-pyrrole nitrogens is 1. The van der Waals surface area contributed by atoms with Crippen molar-refractivity contribution >= 4 is 11.2 Å². The molecule has 0 radical (unpaired) electrons. The summed E-state index contributed by atoms with van der Waals surface area (Å²) in [5.41, 5.74) is 3.52. The SMILES string of the molecule is CCOc1ccc2[nH]c(-c3ccnc(C)c3)nc2n1. The Morgan fingerprint density at radius 2 is 2.11 bits per heavy atom. The standard InChI is InChI=1S/C14H14N4O/c1-3-19-12-5-4-11-14(17-12)18-13(16-11)10-6-7-15-9(2)8-10/h4-8H,3H2,1-2H3,(H,16,17,18). The second-order valence-electron chi connectivity index (χ2n) is 4.22. The molecule has 0 bridgehead atoms. The van der Waals surface area contributed by atoms with E-state index in [2.05, 4.69) is 19.9 Å². The lowest BCUT2D eigenvalue weighted by molar-refractivity contribution is 0.328. The predicted octanol–water partition coefficient (Wildman–Crippen LogP) is 2.73. The topological polar surface area (TPSA) is 63.7 Å². The number of rotatable bonds is 3. The average molecular weight is 254 g/mol. The van der Waals surface area contributed by atoms with E-state index in [4.69, 9.17) is 4.74 Å². The molecule has 19 heavy (non-hydrogen) atoms. The first-order valence-corrected chi connectivity index (χ1v) is 6.19. The molecule has 0 saturated heterocycles. The molecule has 0 fully saturated rings. The van der Waals surface area contributed by atoms with Crippen molar-refractivity contribution in [1.82, 2.24) is 19.9 Å². The lowest BCUT2D eigenvalue weighted by Gasteiger charge is -1.99. The first kappa shape index (κ1) is 11.6. The van der Waals surface area contributed by atoms with E-state index in [9.17, 15) is 0 Å². The number of hydrogen-bond acceptors (Lipinski definition) is 4. The largest absolute Gasteiger partial charge is 0.478 e. The summed E-state index contributed by atoms with van der Waals surface area (Å²) in [5.74, 6) is 1.39. The van der Waals surface area contributed by atoms with Crippen molar-refractivity contribution in [2.45, 2.75) is 13.8 Å². The number of nitrogens with one attached hydrogen (secondary N) is 1. The third-order valence-electron chi connectivity index (χ3n) is 2.78. The molecule has 0 spiro atoms. The number of imidazole rings is 1. The number of nitrogens with zero attached hydrogens (tertiary/aromatic N) is 3. The van der Waals surface area contributed by atoms with Gasteiger partial charge in [0.15, 0.2) is 5.65 Å². The lowest BCUT2D eigenvalue weighted by Crippen LogP contribution is -1.93. The molecule has 0 aliphatic carbocycles. The highest BCUT2D eigenvalue weighted by atomic mass is 16.5. The summed E-state index contributed by atoms with van der Waals surface area (Å²) in [5, 5.41) is 0. The zero-order valence-corrected chi connectivity index (χ0v) is 10.8. The maximum absolute atomic E-state index is 5.37. The van der Waals surface area contributed by atoms with Gasteiger partial charge in [-0.15, -0.1) is 0 Å². The number of aromatic nitrogens is 4. The van der Waals surface area contributed by atoms with Gasteiger partial charge in [-0.2, -0.15) is 4.98 Å². The van der Waals surface area contributed by atoms with Crippen molar-refractivity contribution in [3.05, 3.63) is 36.2 Å². The van der Waals surface area contributed by atoms with E-state index in [1.165, 1.54) is 0 Å². The van der Waals surface area contributed by atoms with Crippen molar-refractivity contribution in [2.24, 2.45) is 0 Å². The maximum Gasteiger partial charge on any atom is 0.215 e. The highest BCUT2D eigenvalue weighted by Crippen LogP contribution is 2.21. The molecule has 5 heteroatoms. The van der Waals surface area contributed by atoms with Crippen molar-refractivity contribution < 1.29 is 4.74 Å². The lowest BCUT2D eigenvalue weighted by atomic mass is 10.2. The Labute approximate surface area is 110 Å². The minimum atomic E-state index is 0.596. The van der Waals surface area contributed by atoms with Crippen LogP contribution in [0.4, 0.5) is 0 Å². The fourth-order valence-corrected chi connectivity index (χ4v) is 1.93. The third-order valence-corrected chi connectivity index (χ3v) is 2.78. The van der Waals surface area contributed by atoms with Crippen LogP contribution in [0, 0.1) is 6.92 Å². The van der Waals surface area contributed by atoms with Gasteiger partial charge in [0.1, 0.15) is 5.82 Å². The van der Waals surface area contributed by atoms with Crippen LogP contribution in [0.2, 0.25) is 0 Å². The number of fused-ring (bicyclic) bond motifs is 1. The Morgan fingerprint density at radius 1 is 1.21 bits per heavy atom. The molecule has 3 aromatic rings. The Kier molecular flexibility index (Phi) is 2.87. The molecule has 3 rings (SSSR count). The molecule has 0 aromatic carbocycles. The Bertz CT molecular complexity index is 720. The highest BCUT2D eigenvalue weighted by molar-refractivity contribution is 5.76. The van der Waals surface area contributed by atoms with Crippen LogP contribution in [0.3, 0.4) is 0 Å². The molecule has 5 nitrogen and oxygen atoms in total. The number of aromatic amines is 1. The van der Waals surface area contributed by atoms with Crippen LogP contribution in [0.25, 0.3) is 22.6 Å². The van der Waals surface area contributed by atoms with Gasteiger partial charge in [0.2, 0.25) is 5.88 Å². The third kappa shape index (κ3) is 2.27. The zero-order valence-electron chi connectivity index (χ0n) is 10.8. The molecule has 3 heterocycles. The van der Waals surface area contributed by atoms with Crippen LogP contribution in [0.1, 0.15) is 12.6 Å². The highest BCUT2D eigenvalue weighted by Gasteiger charge is 2.07. The number of ether oxygens (including phenoxy) is 1. The van der Waals surface area contributed by atoms with Crippen LogP contribution >= 0.6 is 0 Å². The molecule has 0 aliphatic heterocycles. The number of aryl methyl sites for hydroxylation is 1. The van der Waals surface area contributed by atoms with Crippen molar-refractivity contribution in [1.29, 1.82) is 0 Å². The van der Waals surface area contributed by atoms with Gasteiger partial charge in [-0.3, -0.25) is 4.98 Å². The number of hydrogen-bond donors (Lipinski definition) is 1. The summed E-state index contributed by atoms with van der Waals surface area (Å²) in [6, 6.07) is 7.68. The van der Waals surface area contributed by atoms with Crippen molar-refractivity contribution in [3.63, 3.8) is 0 Å². The van der Waals surface area contributed by atoms with Crippen LogP contribution in [-0.4, -0.2) is 26.5 Å². The van der Waals surface area contributed by atoms with Crippen molar-refractivity contribution in [2.75, 3.05) is 6.61 Å². The fourth-order valence-electron chi connectivity index (χ4n) is 1.93. The van der Waals surface area contributed by atoms with E-state index in [-0.39, 0.29) is 0 Å². The molecule has 0 saturated carbocycles. The molecule has 1 N–H and O–H groups in total. The normalized spacial score (nSPS) is 10.8. The first-order chi connectivity index (χ1) is 9.26. The van der Waals surface area contributed by atoms with Gasteiger partial charge >= 0.3 is 0 Å². The van der Waals surface area contributed by atoms with Gasteiger partial charge in [-0.25, -0.2) is 4.98 Å². The molecular formula is C14H14N4O. The minimum Gasteiger partial charge on any atom is -0.478 e. The summed E-state index contributed by atoms with van der Waals surface area (Å²) in [7, 11) is 0.